The van der Waals surface area contributed by atoms with E-state index in [2.05, 4.69) is 5.32 Å². The lowest BCUT2D eigenvalue weighted by Crippen LogP contribution is -2.43. The molecule has 4 heteroatoms. The summed E-state index contributed by atoms with van der Waals surface area (Å²) in [6.45, 7) is 1.29. The van der Waals surface area contributed by atoms with Gasteiger partial charge in [-0.25, -0.2) is 0 Å². The van der Waals surface area contributed by atoms with Gasteiger partial charge in [0.25, 0.3) is 5.91 Å². The van der Waals surface area contributed by atoms with E-state index in [4.69, 9.17) is 10.5 Å². The van der Waals surface area contributed by atoms with Crippen LogP contribution in [0.4, 0.5) is 0 Å². The lowest BCUT2D eigenvalue weighted by molar-refractivity contribution is 0.0911. The zero-order valence-electron chi connectivity index (χ0n) is 12.2. The van der Waals surface area contributed by atoms with Crippen LogP contribution in [-0.4, -0.2) is 26.1 Å². The zero-order valence-corrected chi connectivity index (χ0v) is 12.2. The van der Waals surface area contributed by atoms with Crippen LogP contribution in [-0.2, 0) is 0 Å². The molecule has 0 heterocycles. The number of rotatable bonds is 5. The topological polar surface area (TPSA) is 64.3 Å². The summed E-state index contributed by atoms with van der Waals surface area (Å²) >= 11 is 0. The lowest BCUT2D eigenvalue weighted by Gasteiger charge is -2.36. The van der Waals surface area contributed by atoms with Crippen molar-refractivity contribution in [2.24, 2.45) is 11.1 Å². The monoisotopic (exact) mass is 276 g/mol. The standard InChI is InChI=1S/C16H24N2O2/c1-20-14-8-4-3-7-13(14)15(19)18-12-16(11-17)9-5-2-6-10-16/h3-4,7-8H,2,5-6,9-12,17H2,1H3,(H,18,19). The maximum Gasteiger partial charge on any atom is 0.255 e. The Morgan fingerprint density at radius 1 is 1.30 bits per heavy atom. The Bertz CT molecular complexity index is 454. The molecule has 1 aromatic rings. The fourth-order valence-corrected chi connectivity index (χ4v) is 2.95. The largest absolute Gasteiger partial charge is 0.496 e. The molecule has 0 spiro atoms. The van der Waals surface area contributed by atoms with Gasteiger partial charge in [0.15, 0.2) is 0 Å². The number of nitrogens with one attached hydrogen (secondary N) is 1. The van der Waals surface area contributed by atoms with E-state index in [0.717, 1.165) is 12.8 Å². The van der Waals surface area contributed by atoms with Gasteiger partial charge in [0.1, 0.15) is 5.75 Å². The van der Waals surface area contributed by atoms with Gasteiger partial charge in [0.2, 0.25) is 0 Å². The van der Waals surface area contributed by atoms with Crippen LogP contribution in [0.15, 0.2) is 24.3 Å². The number of para-hydroxylation sites is 1. The van der Waals surface area contributed by atoms with Crippen molar-refractivity contribution in [2.45, 2.75) is 32.1 Å². The van der Waals surface area contributed by atoms with Crippen molar-refractivity contribution < 1.29 is 9.53 Å². The maximum atomic E-state index is 12.3. The molecule has 110 valence electrons. The summed E-state index contributed by atoms with van der Waals surface area (Å²) in [5.41, 5.74) is 6.60. The second-order valence-electron chi connectivity index (χ2n) is 5.65. The molecule has 0 radical (unpaired) electrons. The average Bonchev–Trinajstić information content (AvgIpc) is 2.53. The summed E-state index contributed by atoms with van der Waals surface area (Å²) in [4.78, 5) is 12.3. The molecule has 1 fully saturated rings. The zero-order chi connectivity index (χ0) is 14.4. The number of carbonyl (C=O) groups is 1. The first-order chi connectivity index (χ1) is 9.71. The minimum absolute atomic E-state index is 0.0793. The highest BCUT2D eigenvalue weighted by atomic mass is 16.5. The number of amides is 1. The third-order valence-electron chi connectivity index (χ3n) is 4.32. The summed E-state index contributed by atoms with van der Waals surface area (Å²) in [6, 6.07) is 7.28. The highest BCUT2D eigenvalue weighted by Crippen LogP contribution is 2.34. The third-order valence-corrected chi connectivity index (χ3v) is 4.32. The number of carbonyl (C=O) groups excluding carboxylic acids is 1. The molecule has 0 saturated heterocycles. The van der Waals surface area contributed by atoms with Gasteiger partial charge in [-0.1, -0.05) is 31.4 Å². The highest BCUT2D eigenvalue weighted by molar-refractivity contribution is 5.96. The van der Waals surface area contributed by atoms with Gasteiger partial charge < -0.3 is 15.8 Å². The number of hydrogen-bond acceptors (Lipinski definition) is 3. The van der Waals surface area contributed by atoms with Gasteiger partial charge in [0, 0.05) is 6.54 Å². The molecule has 0 aliphatic heterocycles. The summed E-state index contributed by atoms with van der Waals surface area (Å²) in [5.74, 6) is 0.524. The van der Waals surface area contributed by atoms with Gasteiger partial charge in [0.05, 0.1) is 12.7 Å². The minimum Gasteiger partial charge on any atom is -0.496 e. The number of benzene rings is 1. The molecule has 1 aliphatic carbocycles. The molecule has 3 N–H and O–H groups in total. The molecule has 0 bridgehead atoms. The van der Waals surface area contributed by atoms with Crippen molar-refractivity contribution in [1.82, 2.24) is 5.32 Å². The minimum atomic E-state index is -0.0825. The quantitative estimate of drug-likeness (QED) is 0.867. The number of hydrogen-bond donors (Lipinski definition) is 2. The molecule has 4 nitrogen and oxygen atoms in total. The summed E-state index contributed by atoms with van der Waals surface area (Å²) < 4.78 is 5.22. The predicted molar refractivity (Wildman–Crippen MR) is 79.9 cm³/mol. The average molecular weight is 276 g/mol. The Morgan fingerprint density at radius 3 is 2.65 bits per heavy atom. The molecule has 0 aromatic heterocycles. The molecule has 20 heavy (non-hydrogen) atoms. The maximum absolute atomic E-state index is 12.3. The Kier molecular flexibility index (Phi) is 5.01. The van der Waals surface area contributed by atoms with Gasteiger partial charge in [-0.05, 0) is 36.9 Å². The number of methoxy groups -OCH3 is 1. The first kappa shape index (κ1) is 14.9. The van der Waals surface area contributed by atoms with Crippen LogP contribution >= 0.6 is 0 Å². The molecule has 1 aliphatic rings. The van der Waals surface area contributed by atoms with Gasteiger partial charge in [-0.2, -0.15) is 0 Å². The van der Waals surface area contributed by atoms with E-state index in [-0.39, 0.29) is 11.3 Å². The SMILES string of the molecule is COc1ccccc1C(=O)NCC1(CN)CCCCC1. The second kappa shape index (κ2) is 6.75. The smallest absolute Gasteiger partial charge is 0.255 e. The predicted octanol–water partition coefficient (Wildman–Crippen LogP) is 2.33. The van der Waals surface area contributed by atoms with E-state index in [1.54, 1.807) is 19.2 Å². The van der Waals surface area contributed by atoms with Crippen LogP contribution in [0, 0.1) is 5.41 Å². The first-order valence-corrected chi connectivity index (χ1v) is 7.32. The summed E-state index contributed by atoms with van der Waals surface area (Å²) in [7, 11) is 1.58. The van der Waals surface area contributed by atoms with E-state index in [9.17, 15) is 4.79 Å². The molecule has 0 atom stereocenters. The normalized spacial score (nSPS) is 17.5. The number of ether oxygens (including phenoxy) is 1. The Morgan fingerprint density at radius 2 is 2.00 bits per heavy atom. The van der Waals surface area contributed by atoms with Crippen molar-refractivity contribution in [3.8, 4) is 5.75 Å². The van der Waals surface area contributed by atoms with Gasteiger partial charge >= 0.3 is 0 Å². The summed E-state index contributed by atoms with van der Waals surface area (Å²) in [6.07, 6.45) is 5.91. The second-order valence-corrected chi connectivity index (χ2v) is 5.65. The van der Waals surface area contributed by atoms with Crippen LogP contribution < -0.4 is 15.8 Å². The Hall–Kier alpha value is -1.55. The molecule has 0 unspecified atom stereocenters. The van der Waals surface area contributed by atoms with Crippen LogP contribution in [0.2, 0.25) is 0 Å². The summed E-state index contributed by atoms with van der Waals surface area (Å²) in [5, 5.41) is 3.04. The highest BCUT2D eigenvalue weighted by Gasteiger charge is 2.31. The molecule has 1 amide bonds. The first-order valence-electron chi connectivity index (χ1n) is 7.32. The van der Waals surface area contributed by atoms with Crippen molar-refractivity contribution in [2.75, 3.05) is 20.2 Å². The van der Waals surface area contributed by atoms with Crippen LogP contribution in [0.5, 0.6) is 5.75 Å². The van der Waals surface area contributed by atoms with Crippen molar-refractivity contribution in [3.63, 3.8) is 0 Å². The molecule has 2 rings (SSSR count). The Balaban J connectivity index is 2.00. The molecule has 1 saturated carbocycles. The van der Waals surface area contributed by atoms with Crippen LogP contribution in [0.1, 0.15) is 42.5 Å². The van der Waals surface area contributed by atoms with Crippen molar-refractivity contribution in [1.29, 1.82) is 0 Å². The fourth-order valence-electron chi connectivity index (χ4n) is 2.95. The lowest BCUT2D eigenvalue weighted by atomic mass is 9.74. The van der Waals surface area contributed by atoms with E-state index >= 15 is 0 Å². The van der Waals surface area contributed by atoms with Gasteiger partial charge in [-0.3, -0.25) is 4.79 Å². The fraction of sp³-hybridized carbons (Fsp3) is 0.562. The van der Waals surface area contributed by atoms with E-state index in [1.165, 1.54) is 19.3 Å². The van der Waals surface area contributed by atoms with E-state index in [0.29, 0.717) is 24.4 Å². The van der Waals surface area contributed by atoms with Crippen molar-refractivity contribution >= 4 is 5.91 Å². The van der Waals surface area contributed by atoms with E-state index in [1.807, 2.05) is 12.1 Å². The molecule has 1 aromatic carbocycles. The van der Waals surface area contributed by atoms with Gasteiger partial charge in [-0.15, -0.1) is 0 Å². The van der Waals surface area contributed by atoms with Crippen LogP contribution in [0.3, 0.4) is 0 Å². The third kappa shape index (κ3) is 3.31. The van der Waals surface area contributed by atoms with E-state index < -0.39 is 0 Å². The molecular weight excluding hydrogens is 252 g/mol. The molecular formula is C16H24N2O2. The Labute approximate surface area is 120 Å². The van der Waals surface area contributed by atoms with Crippen molar-refractivity contribution in [3.05, 3.63) is 29.8 Å². The number of nitrogens with two attached hydrogens (primary N) is 1. The van der Waals surface area contributed by atoms with Crippen LogP contribution in [0.25, 0.3) is 0 Å².